The van der Waals surface area contributed by atoms with Gasteiger partial charge in [0.1, 0.15) is 0 Å². The lowest BCUT2D eigenvalue weighted by atomic mass is 10.1. The first kappa shape index (κ1) is 8.30. The van der Waals surface area contributed by atoms with Crippen molar-refractivity contribution in [3.8, 4) is 0 Å². The van der Waals surface area contributed by atoms with Gasteiger partial charge in [0.2, 0.25) is 0 Å². The van der Waals surface area contributed by atoms with Gasteiger partial charge in [-0.25, -0.2) is 0 Å². The Morgan fingerprint density at radius 1 is 1.29 bits per heavy atom. The molecule has 2 heteroatoms. The smallest absolute Gasteiger partial charge is 0.0429 e. The minimum Gasteiger partial charge on any atom is -0.380 e. The van der Waals surface area contributed by atoms with Gasteiger partial charge in [-0.2, -0.15) is 0 Å². The number of nitrogens with zero attached hydrogens (tertiary/aromatic N) is 1. The summed E-state index contributed by atoms with van der Waals surface area (Å²) in [7, 11) is 0. The van der Waals surface area contributed by atoms with Crippen LogP contribution in [0.25, 0.3) is 0 Å². The zero-order chi connectivity index (χ0) is 9.38. The third kappa shape index (κ3) is 1.40. The van der Waals surface area contributed by atoms with Crippen LogP contribution in [0.15, 0.2) is 24.3 Å². The Morgan fingerprint density at radius 3 is 2.86 bits per heavy atom. The number of anilines is 1. The number of rotatable bonds is 2. The zero-order valence-electron chi connectivity index (χ0n) is 8.37. The van der Waals surface area contributed by atoms with Crippen LogP contribution in [0.3, 0.4) is 0 Å². The Balaban J connectivity index is 1.66. The topological polar surface area (TPSA) is 15.3 Å². The van der Waals surface area contributed by atoms with Gasteiger partial charge >= 0.3 is 0 Å². The maximum atomic E-state index is 3.59. The summed E-state index contributed by atoms with van der Waals surface area (Å²) in [5.41, 5.74) is 2.83. The SMILES string of the molecule is c1ccc2c(c1)C[C@@H](CN1CCC1)N2. The van der Waals surface area contributed by atoms with E-state index in [0.29, 0.717) is 6.04 Å². The minimum atomic E-state index is 0.646. The van der Waals surface area contributed by atoms with Crippen molar-refractivity contribution in [3.05, 3.63) is 29.8 Å². The number of likely N-dealkylation sites (tertiary alicyclic amines) is 1. The number of fused-ring (bicyclic) bond motifs is 1. The third-order valence-electron chi connectivity index (χ3n) is 3.27. The van der Waals surface area contributed by atoms with Gasteiger partial charge in [0.15, 0.2) is 0 Å². The highest BCUT2D eigenvalue weighted by Gasteiger charge is 2.24. The van der Waals surface area contributed by atoms with Crippen molar-refractivity contribution in [3.63, 3.8) is 0 Å². The maximum absolute atomic E-state index is 3.59. The third-order valence-corrected chi connectivity index (χ3v) is 3.27. The number of nitrogens with one attached hydrogen (secondary N) is 1. The lowest BCUT2D eigenvalue weighted by Crippen LogP contribution is -2.43. The number of benzene rings is 1. The molecule has 0 amide bonds. The van der Waals surface area contributed by atoms with Crippen molar-refractivity contribution in [2.45, 2.75) is 18.9 Å². The van der Waals surface area contributed by atoms with E-state index in [4.69, 9.17) is 0 Å². The molecule has 0 unspecified atom stereocenters. The van der Waals surface area contributed by atoms with E-state index in [2.05, 4.69) is 34.5 Å². The molecule has 14 heavy (non-hydrogen) atoms. The quantitative estimate of drug-likeness (QED) is 0.760. The van der Waals surface area contributed by atoms with E-state index in [1.54, 1.807) is 0 Å². The van der Waals surface area contributed by atoms with E-state index < -0.39 is 0 Å². The molecular weight excluding hydrogens is 172 g/mol. The van der Waals surface area contributed by atoms with E-state index in [9.17, 15) is 0 Å². The average molecular weight is 188 g/mol. The van der Waals surface area contributed by atoms with Crippen molar-refractivity contribution >= 4 is 5.69 Å². The molecule has 0 aliphatic carbocycles. The van der Waals surface area contributed by atoms with Crippen LogP contribution in [-0.4, -0.2) is 30.6 Å². The average Bonchev–Trinajstić information content (AvgIpc) is 2.53. The molecule has 2 nitrogen and oxygen atoms in total. The summed E-state index contributed by atoms with van der Waals surface area (Å²) in [5.74, 6) is 0. The summed E-state index contributed by atoms with van der Waals surface area (Å²) in [6.07, 6.45) is 2.59. The predicted molar refractivity (Wildman–Crippen MR) is 58.6 cm³/mol. The molecule has 0 radical (unpaired) electrons. The Kier molecular flexibility index (Phi) is 1.95. The molecular formula is C12H16N2. The van der Waals surface area contributed by atoms with Crippen LogP contribution in [0, 0.1) is 0 Å². The molecule has 0 saturated carbocycles. The monoisotopic (exact) mass is 188 g/mol. The van der Waals surface area contributed by atoms with Crippen LogP contribution in [0.2, 0.25) is 0 Å². The van der Waals surface area contributed by atoms with Crippen LogP contribution in [0.5, 0.6) is 0 Å². The lowest BCUT2D eigenvalue weighted by Gasteiger charge is -2.33. The summed E-state index contributed by atoms with van der Waals surface area (Å²) in [4.78, 5) is 2.53. The molecule has 2 aliphatic rings. The second-order valence-corrected chi connectivity index (χ2v) is 4.36. The van der Waals surface area contributed by atoms with Gasteiger partial charge in [0, 0.05) is 18.3 Å². The van der Waals surface area contributed by atoms with E-state index in [0.717, 1.165) is 0 Å². The van der Waals surface area contributed by atoms with Gasteiger partial charge in [-0.05, 0) is 37.6 Å². The normalized spacial score (nSPS) is 25.3. The highest BCUT2D eigenvalue weighted by atomic mass is 15.2. The molecule has 74 valence electrons. The molecule has 2 aliphatic heterocycles. The Bertz CT molecular complexity index is 306. The molecule has 0 aromatic heterocycles. The highest BCUT2D eigenvalue weighted by Crippen LogP contribution is 2.26. The first-order valence-electron chi connectivity index (χ1n) is 5.48. The standard InChI is InChI=1S/C12H16N2/c1-2-5-12-10(4-1)8-11(13-12)9-14-6-3-7-14/h1-2,4-5,11,13H,3,6-9H2/t11-/m0/s1. The first-order chi connectivity index (χ1) is 6.92. The molecule has 1 aromatic rings. The van der Waals surface area contributed by atoms with Crippen molar-refractivity contribution in [2.24, 2.45) is 0 Å². The number of para-hydroxylation sites is 1. The van der Waals surface area contributed by atoms with Gasteiger partial charge in [-0.15, -0.1) is 0 Å². The summed E-state index contributed by atoms with van der Waals surface area (Å²) in [5, 5.41) is 3.59. The summed E-state index contributed by atoms with van der Waals surface area (Å²) in [6, 6.07) is 9.31. The molecule has 1 fully saturated rings. The summed E-state index contributed by atoms with van der Waals surface area (Å²) in [6.45, 7) is 3.82. The highest BCUT2D eigenvalue weighted by molar-refractivity contribution is 5.56. The van der Waals surface area contributed by atoms with Crippen LogP contribution < -0.4 is 5.32 Å². The van der Waals surface area contributed by atoms with Crippen LogP contribution in [0.4, 0.5) is 5.69 Å². The van der Waals surface area contributed by atoms with Crippen molar-refractivity contribution in [1.82, 2.24) is 4.90 Å². The second kappa shape index (κ2) is 3.28. The fraction of sp³-hybridized carbons (Fsp3) is 0.500. The van der Waals surface area contributed by atoms with Gasteiger partial charge in [0.25, 0.3) is 0 Å². The van der Waals surface area contributed by atoms with Crippen molar-refractivity contribution in [1.29, 1.82) is 0 Å². The van der Waals surface area contributed by atoms with Gasteiger partial charge in [0.05, 0.1) is 0 Å². The second-order valence-electron chi connectivity index (χ2n) is 4.36. The molecule has 1 N–H and O–H groups in total. The minimum absolute atomic E-state index is 0.646. The van der Waals surface area contributed by atoms with Gasteiger partial charge in [-0.1, -0.05) is 18.2 Å². The van der Waals surface area contributed by atoms with Crippen molar-refractivity contribution in [2.75, 3.05) is 25.0 Å². The molecule has 1 saturated heterocycles. The number of hydrogen-bond acceptors (Lipinski definition) is 2. The predicted octanol–water partition coefficient (Wildman–Crippen LogP) is 1.73. The fourth-order valence-electron chi connectivity index (χ4n) is 2.36. The van der Waals surface area contributed by atoms with E-state index in [-0.39, 0.29) is 0 Å². The maximum Gasteiger partial charge on any atom is 0.0429 e. The van der Waals surface area contributed by atoms with Crippen LogP contribution in [0.1, 0.15) is 12.0 Å². The summed E-state index contributed by atoms with van der Waals surface area (Å²) >= 11 is 0. The number of hydrogen-bond donors (Lipinski definition) is 1. The van der Waals surface area contributed by atoms with Crippen LogP contribution >= 0.6 is 0 Å². The molecule has 0 bridgehead atoms. The van der Waals surface area contributed by atoms with E-state index in [1.165, 1.54) is 43.7 Å². The summed E-state index contributed by atoms with van der Waals surface area (Å²) < 4.78 is 0. The Hall–Kier alpha value is -1.02. The molecule has 0 spiro atoms. The van der Waals surface area contributed by atoms with Crippen LogP contribution in [-0.2, 0) is 6.42 Å². The van der Waals surface area contributed by atoms with E-state index in [1.807, 2.05) is 0 Å². The van der Waals surface area contributed by atoms with Crippen molar-refractivity contribution < 1.29 is 0 Å². The van der Waals surface area contributed by atoms with Gasteiger partial charge in [-0.3, -0.25) is 0 Å². The van der Waals surface area contributed by atoms with E-state index >= 15 is 0 Å². The van der Waals surface area contributed by atoms with Gasteiger partial charge < -0.3 is 10.2 Å². The largest absolute Gasteiger partial charge is 0.380 e. The zero-order valence-corrected chi connectivity index (χ0v) is 8.37. The molecule has 2 heterocycles. The fourth-order valence-corrected chi connectivity index (χ4v) is 2.36. The lowest BCUT2D eigenvalue weighted by molar-refractivity contribution is 0.175. The molecule has 3 rings (SSSR count). The Morgan fingerprint density at radius 2 is 2.14 bits per heavy atom. The molecule has 1 aromatic carbocycles. The Labute approximate surface area is 84.9 Å². The molecule has 1 atom stereocenters. The first-order valence-corrected chi connectivity index (χ1v) is 5.48.